The molecule has 1 saturated heterocycles. The molecule has 0 bridgehead atoms. The molecule has 0 aromatic heterocycles. The van der Waals surface area contributed by atoms with E-state index >= 15 is 0 Å². The number of carbonyl (C=O) groups is 2. The molecule has 1 N–H and O–H groups in total. The van der Waals surface area contributed by atoms with Crippen molar-refractivity contribution in [3.63, 3.8) is 0 Å². The van der Waals surface area contributed by atoms with Crippen LogP contribution in [0.1, 0.15) is 25.7 Å². The van der Waals surface area contributed by atoms with E-state index in [9.17, 15) is 9.59 Å². The Balaban J connectivity index is 1.96. The molecule has 1 aliphatic heterocycles. The maximum absolute atomic E-state index is 11.8. The van der Waals surface area contributed by atoms with Crippen LogP contribution in [0.3, 0.4) is 0 Å². The SMILES string of the molecule is C=CC(=O)N1CCCC1C(=O)NC1CC1. The van der Waals surface area contributed by atoms with Crippen LogP contribution in [-0.4, -0.2) is 35.3 Å². The highest BCUT2D eigenvalue weighted by molar-refractivity contribution is 5.93. The lowest BCUT2D eigenvalue weighted by molar-refractivity contribution is -0.135. The zero-order valence-electron chi connectivity index (χ0n) is 8.74. The average molecular weight is 208 g/mol. The van der Waals surface area contributed by atoms with Crippen molar-refractivity contribution >= 4 is 11.8 Å². The number of nitrogens with zero attached hydrogens (tertiary/aromatic N) is 1. The minimum absolute atomic E-state index is 0.00481. The fourth-order valence-electron chi connectivity index (χ4n) is 1.95. The van der Waals surface area contributed by atoms with Gasteiger partial charge >= 0.3 is 0 Å². The lowest BCUT2D eigenvalue weighted by Crippen LogP contribution is -2.46. The molecule has 1 saturated carbocycles. The summed E-state index contributed by atoms with van der Waals surface area (Å²) in [6.07, 6.45) is 5.12. The normalized spacial score (nSPS) is 25.1. The third-order valence-corrected chi connectivity index (χ3v) is 2.94. The Hall–Kier alpha value is -1.32. The van der Waals surface area contributed by atoms with E-state index in [1.807, 2.05) is 0 Å². The van der Waals surface area contributed by atoms with Gasteiger partial charge in [0.2, 0.25) is 11.8 Å². The van der Waals surface area contributed by atoms with E-state index in [0.29, 0.717) is 12.6 Å². The first kappa shape index (κ1) is 10.2. The zero-order valence-corrected chi connectivity index (χ0v) is 8.74. The van der Waals surface area contributed by atoms with Gasteiger partial charge in [0, 0.05) is 12.6 Å². The summed E-state index contributed by atoms with van der Waals surface area (Å²) in [5.41, 5.74) is 0. The molecule has 2 aliphatic rings. The summed E-state index contributed by atoms with van der Waals surface area (Å²) in [6.45, 7) is 4.12. The molecule has 1 unspecified atom stereocenters. The minimum Gasteiger partial charge on any atom is -0.352 e. The number of amides is 2. The quantitative estimate of drug-likeness (QED) is 0.684. The van der Waals surface area contributed by atoms with Gasteiger partial charge in [-0.25, -0.2) is 0 Å². The van der Waals surface area contributed by atoms with E-state index in [4.69, 9.17) is 0 Å². The first-order valence-corrected chi connectivity index (χ1v) is 5.46. The van der Waals surface area contributed by atoms with Gasteiger partial charge in [-0.05, 0) is 31.8 Å². The maximum Gasteiger partial charge on any atom is 0.246 e. The Bertz CT molecular complexity index is 297. The van der Waals surface area contributed by atoms with Crippen molar-refractivity contribution in [2.75, 3.05) is 6.54 Å². The lowest BCUT2D eigenvalue weighted by Gasteiger charge is -2.22. The molecule has 0 aromatic rings. The van der Waals surface area contributed by atoms with Crippen LogP contribution >= 0.6 is 0 Å². The van der Waals surface area contributed by atoms with Crippen molar-refractivity contribution in [3.8, 4) is 0 Å². The van der Waals surface area contributed by atoms with Gasteiger partial charge in [-0.3, -0.25) is 9.59 Å². The monoisotopic (exact) mass is 208 g/mol. The number of likely N-dealkylation sites (tertiary alicyclic amines) is 1. The van der Waals surface area contributed by atoms with Crippen LogP contribution in [0.5, 0.6) is 0 Å². The molecule has 4 nitrogen and oxygen atoms in total. The molecule has 1 atom stereocenters. The van der Waals surface area contributed by atoms with E-state index in [1.165, 1.54) is 6.08 Å². The van der Waals surface area contributed by atoms with Crippen LogP contribution in [-0.2, 0) is 9.59 Å². The maximum atomic E-state index is 11.8. The summed E-state index contributed by atoms with van der Waals surface area (Å²) in [5, 5.41) is 2.94. The molecule has 0 radical (unpaired) electrons. The molecular weight excluding hydrogens is 192 g/mol. The summed E-state index contributed by atoms with van der Waals surface area (Å²) >= 11 is 0. The molecule has 82 valence electrons. The van der Waals surface area contributed by atoms with E-state index in [-0.39, 0.29) is 17.9 Å². The highest BCUT2D eigenvalue weighted by Gasteiger charge is 2.35. The first-order valence-electron chi connectivity index (χ1n) is 5.46. The number of hydrogen-bond acceptors (Lipinski definition) is 2. The minimum atomic E-state index is -0.268. The molecule has 4 heteroatoms. The Labute approximate surface area is 89.3 Å². The topological polar surface area (TPSA) is 49.4 Å². The Kier molecular flexibility index (Phi) is 2.75. The van der Waals surface area contributed by atoms with E-state index in [1.54, 1.807) is 4.90 Å². The van der Waals surface area contributed by atoms with Crippen LogP contribution in [0.4, 0.5) is 0 Å². The highest BCUT2D eigenvalue weighted by atomic mass is 16.2. The number of carbonyl (C=O) groups excluding carboxylic acids is 2. The van der Waals surface area contributed by atoms with Crippen molar-refractivity contribution < 1.29 is 9.59 Å². The zero-order chi connectivity index (χ0) is 10.8. The van der Waals surface area contributed by atoms with Gasteiger partial charge in [0.05, 0.1) is 0 Å². The summed E-state index contributed by atoms with van der Waals surface area (Å²) in [4.78, 5) is 24.9. The van der Waals surface area contributed by atoms with Crippen molar-refractivity contribution in [2.24, 2.45) is 0 Å². The van der Waals surface area contributed by atoms with Crippen molar-refractivity contribution in [1.29, 1.82) is 0 Å². The standard InChI is InChI=1S/C11H16N2O2/c1-2-10(14)13-7-3-4-9(13)11(15)12-8-5-6-8/h2,8-9H,1,3-7H2,(H,12,15). The van der Waals surface area contributed by atoms with Gasteiger partial charge in [-0.15, -0.1) is 0 Å². The number of nitrogens with one attached hydrogen (secondary N) is 1. The predicted octanol–water partition coefficient (Wildman–Crippen LogP) is 0.442. The van der Waals surface area contributed by atoms with Gasteiger partial charge in [0.25, 0.3) is 0 Å². The molecule has 2 fully saturated rings. The Morgan fingerprint density at radius 2 is 2.07 bits per heavy atom. The summed E-state index contributed by atoms with van der Waals surface area (Å²) in [7, 11) is 0. The molecule has 15 heavy (non-hydrogen) atoms. The second kappa shape index (κ2) is 4.04. The van der Waals surface area contributed by atoms with Crippen molar-refractivity contribution in [1.82, 2.24) is 10.2 Å². The molecule has 1 heterocycles. The first-order chi connectivity index (χ1) is 7.22. The van der Waals surface area contributed by atoms with Crippen LogP contribution in [0.2, 0.25) is 0 Å². The van der Waals surface area contributed by atoms with Gasteiger partial charge in [0.15, 0.2) is 0 Å². The molecular formula is C11H16N2O2. The van der Waals surface area contributed by atoms with Crippen LogP contribution in [0.25, 0.3) is 0 Å². The molecule has 2 rings (SSSR count). The molecule has 0 spiro atoms. The summed E-state index contributed by atoms with van der Waals surface area (Å²) in [5.74, 6) is -0.131. The van der Waals surface area contributed by atoms with Crippen LogP contribution in [0.15, 0.2) is 12.7 Å². The van der Waals surface area contributed by atoms with Crippen molar-refractivity contribution in [2.45, 2.75) is 37.8 Å². The Morgan fingerprint density at radius 1 is 1.33 bits per heavy atom. The highest BCUT2D eigenvalue weighted by Crippen LogP contribution is 2.22. The van der Waals surface area contributed by atoms with Gasteiger partial charge in [-0.2, -0.15) is 0 Å². The van der Waals surface area contributed by atoms with Crippen molar-refractivity contribution in [3.05, 3.63) is 12.7 Å². The van der Waals surface area contributed by atoms with Crippen LogP contribution in [0, 0.1) is 0 Å². The number of rotatable bonds is 3. The van der Waals surface area contributed by atoms with Crippen LogP contribution < -0.4 is 5.32 Å². The van der Waals surface area contributed by atoms with Gasteiger partial charge in [0.1, 0.15) is 6.04 Å². The fraction of sp³-hybridized carbons (Fsp3) is 0.636. The number of hydrogen-bond donors (Lipinski definition) is 1. The molecule has 2 amide bonds. The fourth-order valence-corrected chi connectivity index (χ4v) is 1.95. The smallest absolute Gasteiger partial charge is 0.246 e. The Morgan fingerprint density at radius 3 is 2.67 bits per heavy atom. The largest absolute Gasteiger partial charge is 0.352 e. The molecule has 1 aliphatic carbocycles. The van der Waals surface area contributed by atoms with E-state index in [0.717, 1.165) is 25.7 Å². The van der Waals surface area contributed by atoms with E-state index < -0.39 is 0 Å². The third kappa shape index (κ3) is 2.19. The van der Waals surface area contributed by atoms with Gasteiger partial charge < -0.3 is 10.2 Å². The summed E-state index contributed by atoms with van der Waals surface area (Å²) < 4.78 is 0. The molecule has 0 aromatic carbocycles. The van der Waals surface area contributed by atoms with E-state index in [2.05, 4.69) is 11.9 Å². The summed E-state index contributed by atoms with van der Waals surface area (Å²) in [6, 6.07) is 0.0925. The lowest BCUT2D eigenvalue weighted by atomic mass is 10.2. The average Bonchev–Trinajstić information content (AvgIpc) is 2.90. The second-order valence-corrected chi connectivity index (χ2v) is 4.18. The predicted molar refractivity (Wildman–Crippen MR) is 56.1 cm³/mol. The second-order valence-electron chi connectivity index (χ2n) is 4.18. The third-order valence-electron chi connectivity index (χ3n) is 2.94. The van der Waals surface area contributed by atoms with Gasteiger partial charge in [-0.1, -0.05) is 6.58 Å².